The van der Waals surface area contributed by atoms with Crippen LogP contribution in [0.5, 0.6) is 5.75 Å². The number of hydrogen-bond acceptors (Lipinski definition) is 4. The Morgan fingerprint density at radius 1 is 1.03 bits per heavy atom. The van der Waals surface area contributed by atoms with Gasteiger partial charge in [0.2, 0.25) is 0 Å². The molecule has 5 heteroatoms. The summed E-state index contributed by atoms with van der Waals surface area (Å²) in [5.41, 5.74) is 9.49. The SMILES string of the molecule is NCCN1CCC2C3CCC1Cc1ccc(O)cc1CCC[C@@H]2CN3C(=O)c1ccccc1. The van der Waals surface area contributed by atoms with Crippen LogP contribution in [0.3, 0.4) is 0 Å². The first kappa shape index (κ1) is 22.4. The van der Waals surface area contributed by atoms with Crippen LogP contribution in [0.25, 0.3) is 0 Å². The van der Waals surface area contributed by atoms with Crippen molar-refractivity contribution in [2.45, 2.75) is 57.0 Å². The van der Waals surface area contributed by atoms with Crippen LogP contribution in [0.15, 0.2) is 48.5 Å². The number of phenols is 1. The molecule has 2 saturated heterocycles. The van der Waals surface area contributed by atoms with Gasteiger partial charge < -0.3 is 15.7 Å². The Balaban J connectivity index is 1.47. The highest BCUT2D eigenvalue weighted by molar-refractivity contribution is 5.94. The zero-order valence-corrected chi connectivity index (χ0v) is 19.5. The highest BCUT2D eigenvalue weighted by Gasteiger charge is 2.44. The van der Waals surface area contributed by atoms with Crippen molar-refractivity contribution in [3.63, 3.8) is 0 Å². The maximum Gasteiger partial charge on any atom is 0.254 e. The number of likely N-dealkylation sites (tertiary alicyclic amines) is 1. The van der Waals surface area contributed by atoms with Crippen LogP contribution in [0.4, 0.5) is 0 Å². The molecule has 176 valence electrons. The number of carbonyl (C=O) groups excluding carboxylic acids is 1. The largest absolute Gasteiger partial charge is 0.508 e. The fourth-order valence-corrected chi connectivity index (χ4v) is 6.74. The molecule has 2 fully saturated rings. The van der Waals surface area contributed by atoms with Gasteiger partial charge in [0.05, 0.1) is 0 Å². The van der Waals surface area contributed by atoms with Crippen LogP contribution in [0, 0.1) is 11.8 Å². The average Bonchev–Trinajstić information content (AvgIpc) is 3.15. The summed E-state index contributed by atoms with van der Waals surface area (Å²) in [7, 11) is 0. The Morgan fingerprint density at radius 3 is 2.70 bits per heavy atom. The van der Waals surface area contributed by atoms with E-state index >= 15 is 0 Å². The van der Waals surface area contributed by atoms with Gasteiger partial charge in [-0.25, -0.2) is 0 Å². The number of benzene rings is 2. The maximum atomic E-state index is 13.5. The summed E-state index contributed by atoms with van der Waals surface area (Å²) >= 11 is 0. The second-order valence-electron chi connectivity index (χ2n) is 10.2. The molecule has 3 heterocycles. The summed E-state index contributed by atoms with van der Waals surface area (Å²) < 4.78 is 0. The predicted octanol–water partition coefficient (Wildman–Crippen LogP) is 3.84. The van der Waals surface area contributed by atoms with E-state index in [0.717, 1.165) is 70.1 Å². The van der Waals surface area contributed by atoms with Crippen molar-refractivity contribution < 1.29 is 9.90 Å². The molecule has 0 aromatic heterocycles. The maximum absolute atomic E-state index is 13.5. The molecule has 2 aromatic carbocycles. The van der Waals surface area contributed by atoms with Crippen LogP contribution in [-0.4, -0.2) is 59.1 Å². The molecule has 4 atom stereocenters. The van der Waals surface area contributed by atoms with Crippen LogP contribution in [0.2, 0.25) is 0 Å². The number of fused-ring (bicyclic) bond motifs is 5. The van der Waals surface area contributed by atoms with Crippen LogP contribution in [0.1, 0.15) is 53.6 Å². The highest BCUT2D eigenvalue weighted by atomic mass is 16.3. The Kier molecular flexibility index (Phi) is 6.70. The number of aromatic hydroxyl groups is 1. The third kappa shape index (κ3) is 4.67. The van der Waals surface area contributed by atoms with Gasteiger partial charge >= 0.3 is 0 Å². The van der Waals surface area contributed by atoms with Gasteiger partial charge in [-0.15, -0.1) is 0 Å². The third-order valence-corrected chi connectivity index (χ3v) is 8.36. The first-order valence-electron chi connectivity index (χ1n) is 12.7. The van der Waals surface area contributed by atoms with Gasteiger partial charge in [0.15, 0.2) is 0 Å². The molecule has 6 rings (SSSR count). The summed E-state index contributed by atoms with van der Waals surface area (Å²) in [5, 5.41) is 10.1. The number of amides is 1. The number of nitrogens with zero attached hydrogens (tertiary/aromatic N) is 2. The van der Waals surface area contributed by atoms with Gasteiger partial charge in [0, 0.05) is 37.3 Å². The topological polar surface area (TPSA) is 69.8 Å². The lowest BCUT2D eigenvalue weighted by Crippen LogP contribution is -2.46. The Labute approximate surface area is 197 Å². The molecule has 3 N–H and O–H groups in total. The smallest absolute Gasteiger partial charge is 0.254 e. The minimum Gasteiger partial charge on any atom is -0.508 e. The summed E-state index contributed by atoms with van der Waals surface area (Å²) in [5.74, 6) is 1.66. The Hall–Kier alpha value is -2.37. The average molecular weight is 448 g/mol. The van der Waals surface area contributed by atoms with Gasteiger partial charge in [0.25, 0.3) is 5.91 Å². The van der Waals surface area contributed by atoms with Crippen LogP contribution < -0.4 is 5.73 Å². The minimum atomic E-state index is 0.201. The third-order valence-electron chi connectivity index (χ3n) is 8.36. The molecule has 0 radical (unpaired) electrons. The summed E-state index contributed by atoms with van der Waals surface area (Å²) in [6.07, 6.45) is 7.50. The predicted molar refractivity (Wildman–Crippen MR) is 131 cm³/mol. The van der Waals surface area contributed by atoms with Crippen molar-refractivity contribution in [1.29, 1.82) is 0 Å². The number of rotatable bonds is 3. The van der Waals surface area contributed by atoms with Crippen LogP contribution >= 0.6 is 0 Å². The van der Waals surface area contributed by atoms with Crippen molar-refractivity contribution in [3.05, 3.63) is 65.2 Å². The van der Waals surface area contributed by atoms with Crippen molar-refractivity contribution >= 4 is 5.91 Å². The molecule has 4 bridgehead atoms. The molecule has 33 heavy (non-hydrogen) atoms. The van der Waals surface area contributed by atoms with E-state index < -0.39 is 0 Å². The van der Waals surface area contributed by atoms with Gasteiger partial charge in [-0.2, -0.15) is 0 Å². The van der Waals surface area contributed by atoms with Gasteiger partial charge in [-0.3, -0.25) is 9.69 Å². The van der Waals surface area contributed by atoms with E-state index in [0.29, 0.717) is 36.2 Å². The van der Waals surface area contributed by atoms with Gasteiger partial charge in [-0.05, 0) is 98.7 Å². The molecule has 0 spiro atoms. The fraction of sp³-hybridized carbons (Fsp3) is 0.536. The van der Waals surface area contributed by atoms with Crippen molar-refractivity contribution in [2.75, 3.05) is 26.2 Å². The summed E-state index contributed by atoms with van der Waals surface area (Å²) in [6.45, 7) is 3.53. The molecule has 1 aliphatic carbocycles. The number of hydrogen-bond donors (Lipinski definition) is 2. The van der Waals surface area contributed by atoms with E-state index in [1.807, 2.05) is 42.5 Å². The van der Waals surface area contributed by atoms with Gasteiger partial charge in [0.1, 0.15) is 5.75 Å². The number of aryl methyl sites for hydroxylation is 1. The minimum absolute atomic E-state index is 0.201. The van der Waals surface area contributed by atoms with E-state index in [4.69, 9.17) is 5.73 Å². The first-order chi connectivity index (χ1) is 16.1. The molecule has 3 aliphatic heterocycles. The monoisotopic (exact) mass is 447 g/mol. The zero-order valence-electron chi connectivity index (χ0n) is 19.5. The molecule has 1 amide bonds. The van der Waals surface area contributed by atoms with E-state index in [1.165, 1.54) is 11.1 Å². The lowest BCUT2D eigenvalue weighted by molar-refractivity contribution is 0.0658. The van der Waals surface area contributed by atoms with Crippen molar-refractivity contribution in [2.24, 2.45) is 17.6 Å². The molecular weight excluding hydrogens is 410 g/mol. The van der Waals surface area contributed by atoms with E-state index in [-0.39, 0.29) is 5.91 Å². The van der Waals surface area contributed by atoms with E-state index in [1.54, 1.807) is 0 Å². The molecule has 5 nitrogen and oxygen atoms in total. The lowest BCUT2D eigenvalue weighted by atomic mass is 9.79. The molecule has 2 aromatic rings. The Morgan fingerprint density at radius 2 is 1.88 bits per heavy atom. The summed E-state index contributed by atoms with van der Waals surface area (Å²) in [6, 6.07) is 16.5. The summed E-state index contributed by atoms with van der Waals surface area (Å²) in [4.78, 5) is 18.4. The standard InChI is InChI=1S/C28H37N3O2/c29-14-16-30-15-13-26-23-8-4-7-21-18-25(32)11-9-22(21)17-24(30)10-12-27(26)31(19-23)28(33)20-5-2-1-3-6-20/h1-3,5-6,9,11,18,23-24,26-27,32H,4,7-8,10,12-17,19,29H2/t23-,24?,26?,27?/m1/s1. The molecule has 0 saturated carbocycles. The number of carbonyl (C=O) groups is 1. The van der Waals surface area contributed by atoms with E-state index in [9.17, 15) is 9.90 Å². The molecule has 3 unspecified atom stereocenters. The van der Waals surface area contributed by atoms with Crippen molar-refractivity contribution in [1.82, 2.24) is 9.80 Å². The fourth-order valence-electron chi connectivity index (χ4n) is 6.74. The van der Waals surface area contributed by atoms with Crippen LogP contribution in [-0.2, 0) is 12.8 Å². The lowest BCUT2D eigenvalue weighted by Gasteiger charge is -2.39. The Bertz CT molecular complexity index is 963. The van der Waals surface area contributed by atoms with E-state index in [2.05, 4.69) is 15.9 Å². The zero-order chi connectivity index (χ0) is 22.8. The van der Waals surface area contributed by atoms with Crippen molar-refractivity contribution in [3.8, 4) is 5.75 Å². The first-order valence-corrected chi connectivity index (χ1v) is 12.7. The molecule has 4 aliphatic rings. The number of nitrogens with two attached hydrogens (primary N) is 1. The second kappa shape index (κ2) is 9.86. The quantitative estimate of drug-likeness (QED) is 0.750. The highest BCUT2D eigenvalue weighted by Crippen LogP contribution is 2.41. The second-order valence-corrected chi connectivity index (χ2v) is 10.2. The molecular formula is C28H37N3O2. The normalized spacial score (nSPS) is 28.0. The number of phenolic OH excluding ortho intramolecular Hbond substituents is 1. The van der Waals surface area contributed by atoms with Gasteiger partial charge in [-0.1, -0.05) is 24.3 Å².